The Hall–Kier alpha value is -1.91. The van der Waals surface area contributed by atoms with Crippen molar-refractivity contribution in [3.8, 4) is 11.5 Å². The smallest absolute Gasteiger partial charge is 0.201 e. The van der Waals surface area contributed by atoms with E-state index in [4.69, 9.17) is 9.47 Å². The molecular formula is C18H21F3O2. The molecule has 0 saturated carbocycles. The molecule has 0 aliphatic heterocycles. The molecule has 0 fully saturated rings. The lowest BCUT2D eigenvalue weighted by atomic mass is 10.1. The third-order valence-corrected chi connectivity index (χ3v) is 3.56. The summed E-state index contributed by atoms with van der Waals surface area (Å²) >= 11 is 0. The van der Waals surface area contributed by atoms with Crippen molar-refractivity contribution in [1.29, 1.82) is 0 Å². The van der Waals surface area contributed by atoms with Crippen molar-refractivity contribution < 1.29 is 22.6 Å². The van der Waals surface area contributed by atoms with Gasteiger partial charge in [-0.05, 0) is 30.4 Å². The lowest BCUT2D eigenvalue weighted by Crippen LogP contribution is -2.03. The monoisotopic (exact) mass is 326 g/mol. The number of hydrogen-bond donors (Lipinski definition) is 0. The molecule has 0 saturated heterocycles. The highest BCUT2D eigenvalue weighted by Crippen LogP contribution is 2.34. The summed E-state index contributed by atoms with van der Waals surface area (Å²) in [6.07, 6.45) is 3.28. The van der Waals surface area contributed by atoms with Crippen LogP contribution in [0.25, 0.3) is 10.8 Å². The fourth-order valence-corrected chi connectivity index (χ4v) is 2.21. The van der Waals surface area contributed by atoms with Crippen LogP contribution in [0.4, 0.5) is 13.2 Å². The first kappa shape index (κ1) is 17.4. The molecule has 23 heavy (non-hydrogen) atoms. The summed E-state index contributed by atoms with van der Waals surface area (Å²) in [4.78, 5) is 0. The third-order valence-electron chi connectivity index (χ3n) is 3.56. The largest absolute Gasteiger partial charge is 0.490 e. The Labute approximate surface area is 134 Å². The molecule has 0 amide bonds. The molecule has 5 heteroatoms. The van der Waals surface area contributed by atoms with E-state index in [0.717, 1.165) is 25.7 Å². The van der Waals surface area contributed by atoms with Gasteiger partial charge in [0.25, 0.3) is 0 Å². The molecule has 2 aromatic rings. The molecule has 126 valence electrons. The number of halogens is 3. The second kappa shape index (κ2) is 8.09. The Morgan fingerprint density at radius 2 is 1.39 bits per heavy atom. The summed E-state index contributed by atoms with van der Waals surface area (Å²) in [7, 11) is 0. The van der Waals surface area contributed by atoms with E-state index in [1.165, 1.54) is 18.2 Å². The standard InChI is InChI=1S/C18H21F3O2/c1-3-5-9-22-13-8-7-12-11-14(23-10-6-4-2)17(20)18(21)15(12)16(13)19/h7-8,11H,3-6,9-10H2,1-2H3. The van der Waals surface area contributed by atoms with Crippen LogP contribution in [0.15, 0.2) is 18.2 Å². The van der Waals surface area contributed by atoms with Crippen LogP contribution in [0.3, 0.4) is 0 Å². The van der Waals surface area contributed by atoms with Crippen molar-refractivity contribution in [2.75, 3.05) is 13.2 Å². The molecule has 2 rings (SSSR count). The van der Waals surface area contributed by atoms with E-state index < -0.39 is 22.8 Å². The quantitative estimate of drug-likeness (QED) is 0.587. The second-order valence-electron chi connectivity index (χ2n) is 5.38. The molecule has 0 spiro atoms. The van der Waals surface area contributed by atoms with Crippen LogP contribution in [0, 0.1) is 17.5 Å². The summed E-state index contributed by atoms with van der Waals surface area (Å²) in [5.74, 6) is -3.55. The number of ether oxygens (including phenoxy) is 2. The maximum Gasteiger partial charge on any atom is 0.201 e. The van der Waals surface area contributed by atoms with Gasteiger partial charge in [0.15, 0.2) is 23.1 Å². The van der Waals surface area contributed by atoms with E-state index in [9.17, 15) is 13.2 Å². The zero-order valence-corrected chi connectivity index (χ0v) is 13.4. The molecule has 2 aromatic carbocycles. The minimum atomic E-state index is -1.24. The van der Waals surface area contributed by atoms with Gasteiger partial charge >= 0.3 is 0 Å². The van der Waals surface area contributed by atoms with Gasteiger partial charge in [0.1, 0.15) is 0 Å². The minimum Gasteiger partial charge on any atom is -0.490 e. The van der Waals surface area contributed by atoms with E-state index >= 15 is 0 Å². The van der Waals surface area contributed by atoms with Crippen LogP contribution in [0.2, 0.25) is 0 Å². The average Bonchev–Trinajstić information content (AvgIpc) is 2.54. The van der Waals surface area contributed by atoms with Gasteiger partial charge in [-0.25, -0.2) is 8.78 Å². The highest BCUT2D eigenvalue weighted by molar-refractivity contribution is 5.86. The molecule has 0 bridgehead atoms. The number of unbranched alkanes of at least 4 members (excludes halogenated alkanes) is 2. The molecule has 0 radical (unpaired) electrons. The van der Waals surface area contributed by atoms with Gasteiger partial charge in [-0.15, -0.1) is 0 Å². The lowest BCUT2D eigenvalue weighted by Gasteiger charge is -2.12. The van der Waals surface area contributed by atoms with E-state index in [1.54, 1.807) is 0 Å². The molecular weight excluding hydrogens is 305 g/mol. The van der Waals surface area contributed by atoms with E-state index in [-0.39, 0.29) is 16.9 Å². The van der Waals surface area contributed by atoms with Crippen molar-refractivity contribution in [1.82, 2.24) is 0 Å². The van der Waals surface area contributed by atoms with E-state index in [1.807, 2.05) is 13.8 Å². The highest BCUT2D eigenvalue weighted by Gasteiger charge is 2.20. The van der Waals surface area contributed by atoms with Crippen LogP contribution in [0.1, 0.15) is 39.5 Å². The molecule has 0 unspecified atom stereocenters. The van der Waals surface area contributed by atoms with Crippen LogP contribution in [-0.2, 0) is 0 Å². The first-order valence-electron chi connectivity index (χ1n) is 7.95. The summed E-state index contributed by atoms with van der Waals surface area (Å²) in [5.41, 5.74) is 0. The van der Waals surface area contributed by atoms with Crippen LogP contribution in [-0.4, -0.2) is 13.2 Å². The molecule has 0 heterocycles. The van der Waals surface area contributed by atoms with Gasteiger partial charge in [-0.1, -0.05) is 32.8 Å². The van der Waals surface area contributed by atoms with Crippen molar-refractivity contribution in [2.24, 2.45) is 0 Å². The Kier molecular flexibility index (Phi) is 6.13. The van der Waals surface area contributed by atoms with Gasteiger partial charge in [-0.3, -0.25) is 0 Å². The summed E-state index contributed by atoms with van der Waals surface area (Å²) in [6, 6.07) is 4.26. The molecule has 2 nitrogen and oxygen atoms in total. The molecule has 0 aliphatic carbocycles. The molecule has 0 N–H and O–H groups in total. The van der Waals surface area contributed by atoms with Gasteiger partial charge in [0, 0.05) is 0 Å². The Morgan fingerprint density at radius 3 is 2.00 bits per heavy atom. The second-order valence-corrected chi connectivity index (χ2v) is 5.38. The van der Waals surface area contributed by atoms with Crippen molar-refractivity contribution in [2.45, 2.75) is 39.5 Å². The highest BCUT2D eigenvalue weighted by atomic mass is 19.2. The SMILES string of the molecule is CCCCOc1cc2ccc(OCCCC)c(F)c2c(F)c1F. The summed E-state index contributed by atoms with van der Waals surface area (Å²) in [6.45, 7) is 4.58. The fraction of sp³-hybridized carbons (Fsp3) is 0.444. The van der Waals surface area contributed by atoms with Crippen molar-refractivity contribution in [3.05, 3.63) is 35.7 Å². The fourth-order valence-electron chi connectivity index (χ4n) is 2.21. The maximum absolute atomic E-state index is 14.4. The maximum atomic E-state index is 14.4. The lowest BCUT2D eigenvalue weighted by molar-refractivity contribution is 0.288. The number of fused-ring (bicyclic) bond motifs is 1. The van der Waals surface area contributed by atoms with Gasteiger partial charge in [0.2, 0.25) is 5.82 Å². The molecule has 0 atom stereocenters. The van der Waals surface area contributed by atoms with Crippen LogP contribution in [0.5, 0.6) is 11.5 Å². The summed E-state index contributed by atoms with van der Waals surface area (Å²) < 4.78 is 53.3. The van der Waals surface area contributed by atoms with Crippen molar-refractivity contribution in [3.63, 3.8) is 0 Å². The van der Waals surface area contributed by atoms with Crippen LogP contribution >= 0.6 is 0 Å². The van der Waals surface area contributed by atoms with E-state index in [0.29, 0.717) is 13.2 Å². The first-order valence-corrected chi connectivity index (χ1v) is 7.95. The third kappa shape index (κ3) is 3.89. The predicted molar refractivity (Wildman–Crippen MR) is 84.6 cm³/mol. The van der Waals surface area contributed by atoms with Crippen molar-refractivity contribution >= 4 is 10.8 Å². The number of benzene rings is 2. The van der Waals surface area contributed by atoms with Gasteiger partial charge < -0.3 is 9.47 Å². The Bertz CT molecular complexity index is 671. The first-order chi connectivity index (χ1) is 11.1. The number of rotatable bonds is 8. The Balaban J connectivity index is 2.37. The topological polar surface area (TPSA) is 18.5 Å². The van der Waals surface area contributed by atoms with E-state index in [2.05, 4.69) is 0 Å². The summed E-state index contributed by atoms with van der Waals surface area (Å²) in [5, 5.41) is -0.157. The molecule has 0 aliphatic rings. The molecule has 0 aromatic heterocycles. The zero-order valence-electron chi connectivity index (χ0n) is 13.4. The van der Waals surface area contributed by atoms with Gasteiger partial charge in [-0.2, -0.15) is 4.39 Å². The van der Waals surface area contributed by atoms with Crippen LogP contribution < -0.4 is 9.47 Å². The Morgan fingerprint density at radius 1 is 0.783 bits per heavy atom. The minimum absolute atomic E-state index is 0.0658. The zero-order chi connectivity index (χ0) is 16.8. The average molecular weight is 326 g/mol. The van der Waals surface area contributed by atoms with Gasteiger partial charge in [0.05, 0.1) is 18.6 Å². The normalized spacial score (nSPS) is 11.0. The number of hydrogen-bond acceptors (Lipinski definition) is 2. The predicted octanol–water partition coefficient (Wildman–Crippen LogP) is 5.61.